The molecular weight excluding hydrogens is 324 g/mol. The number of carbonyl (C=O) groups is 2. The van der Waals surface area contributed by atoms with E-state index in [0.717, 1.165) is 17.6 Å². The highest BCUT2D eigenvalue weighted by atomic mass is 32.2. The number of rotatable bonds is 4. The van der Waals surface area contributed by atoms with Crippen LogP contribution in [0.15, 0.2) is 29.2 Å². The summed E-state index contributed by atoms with van der Waals surface area (Å²) in [4.78, 5) is 23.9. The Labute approximate surface area is 134 Å². The number of aliphatic carboxylic acids is 1. The number of hydrogen-bond donors (Lipinski definition) is 2. The van der Waals surface area contributed by atoms with Crippen molar-refractivity contribution in [3.8, 4) is 0 Å². The average Bonchev–Trinajstić information content (AvgIpc) is 2.90. The summed E-state index contributed by atoms with van der Waals surface area (Å²) in [7, 11) is -2.64. The van der Waals surface area contributed by atoms with Crippen LogP contribution in [0, 0.1) is 6.92 Å². The summed E-state index contributed by atoms with van der Waals surface area (Å²) in [5.74, 6) is -1.20. The highest BCUT2D eigenvalue weighted by Crippen LogP contribution is 2.21. The summed E-state index contributed by atoms with van der Waals surface area (Å²) < 4.78 is 31.6. The molecule has 1 aliphatic heterocycles. The van der Waals surface area contributed by atoms with E-state index >= 15 is 0 Å². The van der Waals surface area contributed by atoms with Crippen LogP contribution in [0.2, 0.25) is 0 Å². The van der Waals surface area contributed by atoms with Crippen LogP contribution in [0.5, 0.6) is 0 Å². The minimum atomic E-state index is -3.79. The van der Waals surface area contributed by atoms with Gasteiger partial charge in [0.1, 0.15) is 6.04 Å². The summed E-state index contributed by atoms with van der Waals surface area (Å²) in [6.45, 7) is 1.78. The summed E-state index contributed by atoms with van der Waals surface area (Å²) in [6.07, 6.45) is -0.815. The smallest absolute Gasteiger partial charge is 0.410 e. The maximum atomic E-state index is 12.3. The molecule has 1 aliphatic rings. The SMILES string of the molecule is COC(=O)N1C[C@@H](NS(=O)(=O)c2ccc(C)cc2)CC1C(=O)O. The topological polar surface area (TPSA) is 113 Å². The van der Waals surface area contributed by atoms with Crippen LogP contribution in [0.1, 0.15) is 12.0 Å². The quantitative estimate of drug-likeness (QED) is 0.827. The van der Waals surface area contributed by atoms with Crippen molar-refractivity contribution < 1.29 is 27.9 Å². The lowest BCUT2D eigenvalue weighted by Gasteiger charge is -2.19. The molecule has 1 amide bonds. The van der Waals surface area contributed by atoms with Gasteiger partial charge in [0.05, 0.1) is 12.0 Å². The van der Waals surface area contributed by atoms with Crippen LogP contribution in [-0.4, -0.2) is 56.2 Å². The molecule has 0 bridgehead atoms. The van der Waals surface area contributed by atoms with Gasteiger partial charge in [0.2, 0.25) is 10.0 Å². The van der Waals surface area contributed by atoms with Crippen LogP contribution in [0.25, 0.3) is 0 Å². The third-order valence-corrected chi connectivity index (χ3v) is 5.18. The fourth-order valence-electron chi connectivity index (χ4n) is 2.48. The van der Waals surface area contributed by atoms with Gasteiger partial charge in [-0.3, -0.25) is 4.90 Å². The molecule has 0 radical (unpaired) electrons. The van der Waals surface area contributed by atoms with Gasteiger partial charge in [-0.25, -0.2) is 22.7 Å². The second kappa shape index (κ2) is 6.55. The molecule has 9 heteroatoms. The number of aryl methyl sites for hydroxylation is 1. The normalized spacial score (nSPS) is 21.2. The molecule has 0 aromatic heterocycles. The lowest BCUT2D eigenvalue weighted by Crippen LogP contribution is -2.41. The van der Waals surface area contributed by atoms with E-state index in [1.54, 1.807) is 12.1 Å². The van der Waals surface area contributed by atoms with Crippen molar-refractivity contribution in [2.45, 2.75) is 30.3 Å². The number of carboxylic acids is 1. The van der Waals surface area contributed by atoms with E-state index in [4.69, 9.17) is 5.11 Å². The number of amides is 1. The highest BCUT2D eigenvalue weighted by Gasteiger charge is 2.41. The third kappa shape index (κ3) is 3.80. The maximum Gasteiger partial charge on any atom is 0.410 e. The van der Waals surface area contributed by atoms with Gasteiger partial charge in [-0.15, -0.1) is 0 Å². The number of benzene rings is 1. The van der Waals surface area contributed by atoms with Crippen LogP contribution >= 0.6 is 0 Å². The van der Waals surface area contributed by atoms with Crippen molar-refractivity contribution in [1.82, 2.24) is 9.62 Å². The molecule has 1 saturated heterocycles. The van der Waals surface area contributed by atoms with Crippen LogP contribution in [0.3, 0.4) is 0 Å². The molecular formula is C14H18N2O6S. The Hall–Kier alpha value is -2.13. The Balaban J connectivity index is 2.15. The van der Waals surface area contributed by atoms with E-state index < -0.39 is 34.2 Å². The van der Waals surface area contributed by atoms with Crippen molar-refractivity contribution in [2.75, 3.05) is 13.7 Å². The molecule has 23 heavy (non-hydrogen) atoms. The summed E-state index contributed by atoms with van der Waals surface area (Å²) >= 11 is 0. The Morgan fingerprint density at radius 2 is 1.91 bits per heavy atom. The molecule has 2 N–H and O–H groups in total. The van der Waals surface area contributed by atoms with E-state index in [2.05, 4.69) is 9.46 Å². The van der Waals surface area contributed by atoms with Crippen molar-refractivity contribution in [1.29, 1.82) is 0 Å². The Morgan fingerprint density at radius 3 is 2.43 bits per heavy atom. The van der Waals surface area contributed by atoms with Crippen LogP contribution in [-0.2, 0) is 19.6 Å². The molecule has 126 valence electrons. The molecule has 1 aromatic carbocycles. The van der Waals surface area contributed by atoms with E-state index in [1.165, 1.54) is 12.1 Å². The first kappa shape index (κ1) is 17.2. The number of likely N-dealkylation sites (tertiary alicyclic amines) is 1. The Bertz CT molecular complexity index is 700. The minimum Gasteiger partial charge on any atom is -0.480 e. The molecule has 1 fully saturated rings. The fraction of sp³-hybridized carbons (Fsp3) is 0.429. The zero-order valence-corrected chi connectivity index (χ0v) is 13.5. The van der Waals surface area contributed by atoms with Gasteiger partial charge in [-0.05, 0) is 25.5 Å². The number of sulfonamides is 1. The molecule has 2 atom stereocenters. The first-order valence-electron chi connectivity index (χ1n) is 6.91. The average molecular weight is 342 g/mol. The number of ether oxygens (including phenoxy) is 1. The highest BCUT2D eigenvalue weighted by molar-refractivity contribution is 7.89. The largest absolute Gasteiger partial charge is 0.480 e. The number of methoxy groups -OCH3 is 1. The minimum absolute atomic E-state index is 0.0183. The molecule has 1 heterocycles. The standard InChI is InChI=1S/C14H18N2O6S/c1-9-3-5-11(6-4-9)23(20,21)15-10-7-12(13(17)18)16(8-10)14(19)22-2/h3-6,10,12,15H,7-8H2,1-2H3,(H,17,18)/t10-,12?/m0/s1. The Kier molecular flexibility index (Phi) is 4.90. The van der Waals surface area contributed by atoms with Crippen molar-refractivity contribution in [3.63, 3.8) is 0 Å². The number of carboxylic acid groups (broad SMARTS) is 1. The molecule has 0 spiro atoms. The lowest BCUT2D eigenvalue weighted by molar-refractivity contribution is -0.141. The lowest BCUT2D eigenvalue weighted by atomic mass is 10.2. The molecule has 0 aliphatic carbocycles. The fourth-order valence-corrected chi connectivity index (χ4v) is 3.72. The second-order valence-corrected chi connectivity index (χ2v) is 7.06. The van der Waals surface area contributed by atoms with Gasteiger partial charge in [0, 0.05) is 12.6 Å². The maximum absolute atomic E-state index is 12.3. The zero-order chi connectivity index (χ0) is 17.2. The predicted molar refractivity (Wildman–Crippen MR) is 80.4 cm³/mol. The van der Waals surface area contributed by atoms with E-state index in [0.29, 0.717) is 0 Å². The molecule has 1 aromatic rings. The summed E-state index contributed by atoms with van der Waals surface area (Å²) in [5.41, 5.74) is 0.924. The van der Waals surface area contributed by atoms with Crippen molar-refractivity contribution in [3.05, 3.63) is 29.8 Å². The van der Waals surface area contributed by atoms with Crippen LogP contribution < -0.4 is 4.72 Å². The van der Waals surface area contributed by atoms with Crippen molar-refractivity contribution in [2.24, 2.45) is 0 Å². The Morgan fingerprint density at radius 1 is 1.30 bits per heavy atom. The van der Waals surface area contributed by atoms with E-state index in [-0.39, 0.29) is 17.9 Å². The zero-order valence-electron chi connectivity index (χ0n) is 12.7. The summed E-state index contributed by atoms with van der Waals surface area (Å²) in [5, 5.41) is 9.17. The molecule has 0 saturated carbocycles. The van der Waals surface area contributed by atoms with Gasteiger partial charge < -0.3 is 9.84 Å². The third-order valence-electron chi connectivity index (χ3n) is 3.65. The van der Waals surface area contributed by atoms with Crippen molar-refractivity contribution >= 4 is 22.1 Å². The van der Waals surface area contributed by atoms with Gasteiger partial charge >= 0.3 is 12.1 Å². The first-order chi connectivity index (χ1) is 10.7. The molecule has 8 nitrogen and oxygen atoms in total. The van der Waals surface area contributed by atoms with E-state index in [9.17, 15) is 18.0 Å². The van der Waals surface area contributed by atoms with Gasteiger partial charge in [0.25, 0.3) is 0 Å². The summed E-state index contributed by atoms with van der Waals surface area (Å²) in [6, 6.07) is 4.47. The molecule has 2 rings (SSSR count). The second-order valence-electron chi connectivity index (χ2n) is 5.34. The number of nitrogens with one attached hydrogen (secondary N) is 1. The number of hydrogen-bond acceptors (Lipinski definition) is 5. The molecule has 1 unspecified atom stereocenters. The van der Waals surface area contributed by atoms with Gasteiger partial charge in [-0.2, -0.15) is 0 Å². The van der Waals surface area contributed by atoms with Crippen LogP contribution in [0.4, 0.5) is 4.79 Å². The predicted octanol–water partition coefficient (Wildman–Crippen LogP) is 0.567. The van der Waals surface area contributed by atoms with E-state index in [1.807, 2.05) is 6.92 Å². The van der Waals surface area contributed by atoms with Gasteiger partial charge in [-0.1, -0.05) is 17.7 Å². The first-order valence-corrected chi connectivity index (χ1v) is 8.39. The number of nitrogens with zero attached hydrogens (tertiary/aromatic N) is 1. The monoisotopic (exact) mass is 342 g/mol. The number of carbonyl (C=O) groups excluding carboxylic acids is 1. The van der Waals surface area contributed by atoms with Gasteiger partial charge in [0.15, 0.2) is 0 Å².